The SMILES string of the molecule is Fc1cccc(Cl)c1COc1ncnc2cc(Cl)ccc12. The number of hydrogen-bond donors (Lipinski definition) is 0. The molecule has 3 aromatic rings. The molecular weight excluding hydrogens is 314 g/mol. The van der Waals surface area contributed by atoms with Crippen molar-refractivity contribution in [2.45, 2.75) is 6.61 Å². The van der Waals surface area contributed by atoms with Crippen LogP contribution in [0, 0.1) is 5.82 Å². The quantitative estimate of drug-likeness (QED) is 0.703. The molecule has 0 aliphatic rings. The number of nitrogens with zero attached hydrogens (tertiary/aromatic N) is 2. The highest BCUT2D eigenvalue weighted by Gasteiger charge is 2.10. The Morgan fingerprint density at radius 2 is 1.95 bits per heavy atom. The maximum Gasteiger partial charge on any atom is 0.224 e. The van der Waals surface area contributed by atoms with E-state index in [1.54, 1.807) is 30.3 Å². The highest BCUT2D eigenvalue weighted by Crippen LogP contribution is 2.26. The fourth-order valence-electron chi connectivity index (χ4n) is 1.93. The van der Waals surface area contributed by atoms with Gasteiger partial charge in [-0.1, -0.05) is 29.3 Å². The predicted octanol–water partition coefficient (Wildman–Crippen LogP) is 4.65. The minimum Gasteiger partial charge on any atom is -0.472 e. The Morgan fingerprint density at radius 3 is 2.76 bits per heavy atom. The van der Waals surface area contributed by atoms with Gasteiger partial charge in [-0.05, 0) is 30.3 Å². The summed E-state index contributed by atoms with van der Waals surface area (Å²) in [5.41, 5.74) is 0.951. The van der Waals surface area contributed by atoms with Gasteiger partial charge >= 0.3 is 0 Å². The van der Waals surface area contributed by atoms with Crippen molar-refractivity contribution in [3.05, 3.63) is 64.2 Å². The van der Waals surface area contributed by atoms with Crippen LogP contribution in [0.25, 0.3) is 10.9 Å². The van der Waals surface area contributed by atoms with Crippen molar-refractivity contribution in [1.29, 1.82) is 0 Å². The highest BCUT2D eigenvalue weighted by molar-refractivity contribution is 6.31. The molecule has 21 heavy (non-hydrogen) atoms. The van der Waals surface area contributed by atoms with Crippen LogP contribution in [0.2, 0.25) is 10.0 Å². The lowest BCUT2D eigenvalue weighted by atomic mass is 10.2. The van der Waals surface area contributed by atoms with Crippen LogP contribution in [0.5, 0.6) is 5.88 Å². The smallest absolute Gasteiger partial charge is 0.224 e. The fraction of sp³-hybridized carbons (Fsp3) is 0.0667. The Kier molecular flexibility index (Phi) is 3.90. The minimum absolute atomic E-state index is 0.0136. The Hall–Kier alpha value is -1.91. The maximum absolute atomic E-state index is 13.7. The average Bonchev–Trinajstić information content (AvgIpc) is 2.46. The topological polar surface area (TPSA) is 35.0 Å². The first-order chi connectivity index (χ1) is 10.1. The number of benzene rings is 2. The van der Waals surface area contributed by atoms with E-state index in [2.05, 4.69) is 9.97 Å². The second kappa shape index (κ2) is 5.84. The molecule has 0 saturated heterocycles. The first kappa shape index (κ1) is 14.0. The Morgan fingerprint density at radius 1 is 1.10 bits per heavy atom. The molecule has 0 spiro atoms. The first-order valence-corrected chi connectivity index (χ1v) is 6.86. The predicted molar refractivity (Wildman–Crippen MR) is 80.3 cm³/mol. The van der Waals surface area contributed by atoms with Crippen LogP contribution in [-0.4, -0.2) is 9.97 Å². The van der Waals surface area contributed by atoms with Gasteiger partial charge in [0, 0.05) is 10.6 Å². The second-order valence-corrected chi connectivity index (χ2v) is 5.17. The number of aromatic nitrogens is 2. The summed E-state index contributed by atoms with van der Waals surface area (Å²) >= 11 is 11.9. The third kappa shape index (κ3) is 2.91. The summed E-state index contributed by atoms with van der Waals surface area (Å²) < 4.78 is 19.3. The van der Waals surface area contributed by atoms with E-state index in [1.807, 2.05) is 0 Å². The van der Waals surface area contributed by atoms with Crippen LogP contribution in [0.3, 0.4) is 0 Å². The zero-order valence-electron chi connectivity index (χ0n) is 10.7. The number of ether oxygens (including phenoxy) is 1. The third-order valence-corrected chi connectivity index (χ3v) is 3.57. The van der Waals surface area contributed by atoms with E-state index in [9.17, 15) is 4.39 Å². The van der Waals surface area contributed by atoms with Gasteiger partial charge in [-0.15, -0.1) is 0 Å². The molecule has 3 nitrogen and oxygen atoms in total. The molecule has 0 N–H and O–H groups in total. The highest BCUT2D eigenvalue weighted by atomic mass is 35.5. The molecular formula is C15H9Cl2FN2O. The summed E-state index contributed by atoms with van der Waals surface area (Å²) in [6.45, 7) is -0.0136. The van der Waals surface area contributed by atoms with Crippen molar-refractivity contribution in [2.75, 3.05) is 0 Å². The van der Waals surface area contributed by atoms with E-state index < -0.39 is 5.82 Å². The van der Waals surface area contributed by atoms with Gasteiger partial charge in [0.15, 0.2) is 0 Å². The van der Waals surface area contributed by atoms with Crippen molar-refractivity contribution in [3.63, 3.8) is 0 Å². The summed E-state index contributed by atoms with van der Waals surface area (Å²) in [6, 6.07) is 9.68. The van der Waals surface area contributed by atoms with Crippen LogP contribution in [0.15, 0.2) is 42.7 Å². The van der Waals surface area contributed by atoms with Crippen LogP contribution in [0.1, 0.15) is 5.56 Å². The molecule has 1 heterocycles. The largest absolute Gasteiger partial charge is 0.472 e. The zero-order valence-corrected chi connectivity index (χ0v) is 12.2. The van der Waals surface area contributed by atoms with Crippen molar-refractivity contribution in [1.82, 2.24) is 9.97 Å². The molecule has 2 aromatic carbocycles. The van der Waals surface area contributed by atoms with Gasteiger partial charge in [0.1, 0.15) is 18.8 Å². The summed E-state index contributed by atoms with van der Waals surface area (Å²) in [7, 11) is 0. The van der Waals surface area contributed by atoms with E-state index in [0.29, 0.717) is 32.4 Å². The first-order valence-electron chi connectivity index (χ1n) is 6.11. The molecule has 0 bridgehead atoms. The number of rotatable bonds is 3. The lowest BCUT2D eigenvalue weighted by Gasteiger charge is -2.09. The van der Waals surface area contributed by atoms with E-state index in [1.165, 1.54) is 12.4 Å². The van der Waals surface area contributed by atoms with Gasteiger partial charge in [-0.25, -0.2) is 14.4 Å². The van der Waals surface area contributed by atoms with Gasteiger partial charge in [0.25, 0.3) is 0 Å². The lowest BCUT2D eigenvalue weighted by Crippen LogP contribution is -2.01. The average molecular weight is 323 g/mol. The van der Waals surface area contributed by atoms with Crippen molar-refractivity contribution in [2.24, 2.45) is 0 Å². The van der Waals surface area contributed by atoms with Crippen LogP contribution in [0.4, 0.5) is 4.39 Å². The van der Waals surface area contributed by atoms with Crippen molar-refractivity contribution >= 4 is 34.1 Å². The van der Waals surface area contributed by atoms with Gasteiger partial charge in [-0.2, -0.15) is 0 Å². The van der Waals surface area contributed by atoms with E-state index in [-0.39, 0.29) is 6.61 Å². The summed E-state index contributed by atoms with van der Waals surface area (Å²) in [6.07, 6.45) is 1.37. The Bertz CT molecular complexity index is 791. The molecule has 0 saturated carbocycles. The van der Waals surface area contributed by atoms with Crippen LogP contribution < -0.4 is 4.74 Å². The minimum atomic E-state index is -0.413. The maximum atomic E-state index is 13.7. The summed E-state index contributed by atoms with van der Waals surface area (Å²) in [5.74, 6) is -0.0557. The van der Waals surface area contributed by atoms with Gasteiger partial charge in [0.2, 0.25) is 5.88 Å². The number of hydrogen-bond acceptors (Lipinski definition) is 3. The zero-order chi connectivity index (χ0) is 14.8. The monoisotopic (exact) mass is 322 g/mol. The van der Waals surface area contributed by atoms with Gasteiger partial charge in [0.05, 0.1) is 15.9 Å². The van der Waals surface area contributed by atoms with E-state index >= 15 is 0 Å². The van der Waals surface area contributed by atoms with Crippen LogP contribution in [-0.2, 0) is 6.61 Å². The van der Waals surface area contributed by atoms with Gasteiger partial charge < -0.3 is 4.74 Å². The summed E-state index contributed by atoms with van der Waals surface area (Å²) in [4.78, 5) is 8.19. The molecule has 0 radical (unpaired) electrons. The van der Waals surface area contributed by atoms with Crippen LogP contribution >= 0.6 is 23.2 Å². The molecule has 3 rings (SSSR count). The fourth-order valence-corrected chi connectivity index (χ4v) is 2.32. The number of halogens is 3. The third-order valence-electron chi connectivity index (χ3n) is 2.98. The molecule has 0 amide bonds. The second-order valence-electron chi connectivity index (χ2n) is 4.33. The van der Waals surface area contributed by atoms with Crippen molar-refractivity contribution in [3.8, 4) is 5.88 Å². The normalized spacial score (nSPS) is 10.8. The molecule has 6 heteroatoms. The molecule has 0 aliphatic carbocycles. The lowest BCUT2D eigenvalue weighted by molar-refractivity contribution is 0.292. The Balaban J connectivity index is 1.92. The molecule has 0 aliphatic heterocycles. The number of fused-ring (bicyclic) bond motifs is 1. The van der Waals surface area contributed by atoms with Crippen molar-refractivity contribution < 1.29 is 9.13 Å². The molecule has 0 atom stereocenters. The van der Waals surface area contributed by atoms with E-state index in [4.69, 9.17) is 27.9 Å². The molecule has 0 fully saturated rings. The molecule has 1 aromatic heterocycles. The standard InChI is InChI=1S/C15H9Cl2FN2O/c16-9-4-5-10-14(6-9)19-8-20-15(10)21-7-11-12(17)2-1-3-13(11)18/h1-6,8H,7H2. The molecule has 106 valence electrons. The Labute approximate surface area is 130 Å². The van der Waals surface area contributed by atoms with Gasteiger partial charge in [-0.3, -0.25) is 0 Å². The summed E-state index contributed by atoms with van der Waals surface area (Å²) in [5, 5.41) is 1.59. The molecule has 0 unspecified atom stereocenters. The van der Waals surface area contributed by atoms with E-state index in [0.717, 1.165) is 0 Å².